The number of carbonyl (C=O) groups excluding carboxylic acids is 3. The number of fused-ring (bicyclic) bond motifs is 1. The van der Waals surface area contributed by atoms with E-state index in [2.05, 4.69) is 6.58 Å². The third-order valence-electron chi connectivity index (χ3n) is 9.24. The minimum atomic E-state index is -2.39. The van der Waals surface area contributed by atoms with Crippen LogP contribution in [0.15, 0.2) is 23.8 Å². The third-order valence-corrected chi connectivity index (χ3v) is 9.24. The van der Waals surface area contributed by atoms with Crippen LogP contribution in [0.2, 0.25) is 0 Å². The van der Waals surface area contributed by atoms with Gasteiger partial charge in [0.2, 0.25) is 11.9 Å². The number of allylic oxidation sites excluding steroid dienone is 1. The molecular weight excluding hydrogens is 460 g/mol. The van der Waals surface area contributed by atoms with Crippen molar-refractivity contribution >= 4 is 17.7 Å². The molecular formula is C25H32O10. The number of aliphatic hydroxyl groups excluding tert-OH is 2. The lowest BCUT2D eigenvalue weighted by molar-refractivity contribution is -0.338. The van der Waals surface area contributed by atoms with Gasteiger partial charge in [0.1, 0.15) is 23.9 Å². The Bertz CT molecular complexity index is 1060. The molecule has 0 aromatic carbocycles. The Balaban J connectivity index is 1.74. The van der Waals surface area contributed by atoms with Gasteiger partial charge in [0.25, 0.3) is 0 Å². The lowest BCUT2D eigenvalue weighted by Gasteiger charge is -2.69. The van der Waals surface area contributed by atoms with Crippen molar-refractivity contribution in [1.82, 2.24) is 0 Å². The molecule has 0 aromatic heterocycles. The summed E-state index contributed by atoms with van der Waals surface area (Å²) in [5.74, 6) is -6.58. The van der Waals surface area contributed by atoms with Crippen LogP contribution in [0.4, 0.5) is 0 Å². The number of ketones is 1. The summed E-state index contributed by atoms with van der Waals surface area (Å²) in [5.41, 5.74) is -5.19. The minimum Gasteiger partial charge on any atom is -0.459 e. The highest BCUT2D eigenvalue weighted by molar-refractivity contribution is 5.96. The zero-order chi connectivity index (χ0) is 25.9. The molecule has 2 saturated heterocycles. The SMILES string of the molecule is C=C1[C@@H](O)[C@@]2(O)OC[C@]34[C@H]2[C@@]2(C)[C@H](O)C(=O)C=C(C)[C@@H]2C[C@H]3OC(=O)[C@H](OC(=O)CC(C)C)[C@@]14O. The molecule has 35 heavy (non-hydrogen) atoms. The molecule has 0 amide bonds. The molecule has 5 aliphatic rings. The molecule has 1 spiro atoms. The zero-order valence-corrected chi connectivity index (χ0v) is 20.2. The Labute approximate surface area is 202 Å². The van der Waals surface area contributed by atoms with E-state index in [9.17, 15) is 34.8 Å². The summed E-state index contributed by atoms with van der Waals surface area (Å²) in [4.78, 5) is 38.6. The summed E-state index contributed by atoms with van der Waals surface area (Å²) < 4.78 is 17.0. The number of hydrogen-bond donors (Lipinski definition) is 4. The van der Waals surface area contributed by atoms with E-state index in [0.29, 0.717) is 5.57 Å². The van der Waals surface area contributed by atoms with Crippen molar-refractivity contribution in [2.24, 2.45) is 28.6 Å². The second-order valence-corrected chi connectivity index (χ2v) is 11.4. The first kappa shape index (κ1) is 24.6. The van der Waals surface area contributed by atoms with Crippen molar-refractivity contribution in [2.45, 2.75) is 76.3 Å². The second kappa shape index (κ2) is 7.23. The fraction of sp³-hybridized carbons (Fsp3) is 0.720. The van der Waals surface area contributed by atoms with Crippen LogP contribution in [0, 0.1) is 28.6 Å². The lowest BCUT2D eigenvalue weighted by atomic mass is 9.37. The van der Waals surface area contributed by atoms with Crippen LogP contribution in [-0.2, 0) is 28.6 Å². The molecule has 2 aliphatic heterocycles. The minimum absolute atomic E-state index is 0.0355. The molecule has 0 radical (unpaired) electrons. The standard InChI is InChI=1S/C25H32O10/c1-10(2)6-16(27)35-19-20(30)34-15-8-13-11(3)7-14(26)18(29)22(13,5)21-23(15)9-33-25(21,32)17(28)12(4)24(19,23)31/h7,10,13,15,17-19,21,28-29,31-32H,4,6,8-9H2,1-3,5H3/t13-,15+,17+,18+,19-,21+,22+,23+,24-,25+/m0/s1. The molecule has 5 rings (SSSR count). The van der Waals surface area contributed by atoms with Crippen molar-refractivity contribution in [3.63, 3.8) is 0 Å². The molecule has 3 aliphatic carbocycles. The predicted octanol–water partition coefficient (Wildman–Crippen LogP) is -0.231. The van der Waals surface area contributed by atoms with Crippen molar-refractivity contribution in [1.29, 1.82) is 0 Å². The van der Waals surface area contributed by atoms with Crippen LogP contribution in [0.3, 0.4) is 0 Å². The molecule has 10 atom stereocenters. The Kier molecular flexibility index (Phi) is 5.07. The number of carbonyl (C=O) groups is 3. The fourth-order valence-electron chi connectivity index (χ4n) is 7.82. The van der Waals surface area contributed by atoms with Gasteiger partial charge in [-0.05, 0) is 36.8 Å². The molecule has 4 fully saturated rings. The Morgan fingerprint density at radius 3 is 2.54 bits per heavy atom. The molecule has 2 saturated carbocycles. The smallest absolute Gasteiger partial charge is 0.351 e. The summed E-state index contributed by atoms with van der Waals surface area (Å²) in [7, 11) is 0. The van der Waals surface area contributed by atoms with Crippen molar-refractivity contribution in [3.8, 4) is 0 Å². The monoisotopic (exact) mass is 492 g/mol. The Morgan fingerprint density at radius 1 is 1.26 bits per heavy atom. The van der Waals surface area contributed by atoms with Crippen LogP contribution in [0.1, 0.15) is 40.5 Å². The normalized spacial score (nSPS) is 50.3. The quantitative estimate of drug-likeness (QED) is 0.306. The van der Waals surface area contributed by atoms with Gasteiger partial charge in [0, 0.05) is 17.8 Å². The third kappa shape index (κ3) is 2.64. The molecule has 2 bridgehead atoms. The maximum absolute atomic E-state index is 13.2. The molecule has 192 valence electrons. The number of aliphatic hydroxyl groups is 4. The fourth-order valence-corrected chi connectivity index (χ4v) is 7.82. The van der Waals surface area contributed by atoms with Gasteiger partial charge in [-0.1, -0.05) is 32.9 Å². The molecule has 10 nitrogen and oxygen atoms in total. The van der Waals surface area contributed by atoms with Crippen LogP contribution >= 0.6 is 0 Å². The van der Waals surface area contributed by atoms with Gasteiger partial charge >= 0.3 is 11.9 Å². The highest BCUT2D eigenvalue weighted by Gasteiger charge is 2.87. The van der Waals surface area contributed by atoms with Crippen LogP contribution in [-0.4, -0.2) is 80.6 Å². The van der Waals surface area contributed by atoms with E-state index in [4.69, 9.17) is 14.2 Å². The number of ether oxygens (including phenoxy) is 3. The summed E-state index contributed by atoms with van der Waals surface area (Å²) in [5, 5.41) is 46.5. The number of esters is 2. The second-order valence-electron chi connectivity index (χ2n) is 11.4. The summed E-state index contributed by atoms with van der Waals surface area (Å²) in [6.45, 7) is 10.3. The Morgan fingerprint density at radius 2 is 1.91 bits per heavy atom. The maximum atomic E-state index is 13.2. The number of rotatable bonds is 3. The van der Waals surface area contributed by atoms with Gasteiger partial charge in [0.05, 0.1) is 12.0 Å². The Hall–Kier alpha value is -2.11. The van der Waals surface area contributed by atoms with E-state index < -0.39 is 76.2 Å². The molecule has 2 heterocycles. The van der Waals surface area contributed by atoms with Crippen molar-refractivity contribution in [3.05, 3.63) is 23.8 Å². The predicted molar refractivity (Wildman–Crippen MR) is 117 cm³/mol. The van der Waals surface area contributed by atoms with Crippen LogP contribution in [0.25, 0.3) is 0 Å². The highest BCUT2D eigenvalue weighted by Crippen LogP contribution is 2.74. The van der Waals surface area contributed by atoms with Crippen LogP contribution in [0.5, 0.6) is 0 Å². The van der Waals surface area contributed by atoms with E-state index in [1.165, 1.54) is 6.08 Å². The first-order chi connectivity index (χ1) is 16.2. The van der Waals surface area contributed by atoms with Gasteiger partial charge in [-0.15, -0.1) is 0 Å². The molecule has 0 aromatic rings. The average Bonchev–Trinajstić information content (AvgIpc) is 3.08. The summed E-state index contributed by atoms with van der Waals surface area (Å²) >= 11 is 0. The average molecular weight is 493 g/mol. The summed E-state index contributed by atoms with van der Waals surface area (Å²) in [6, 6.07) is 0. The first-order valence-electron chi connectivity index (χ1n) is 11.9. The van der Waals surface area contributed by atoms with E-state index >= 15 is 0 Å². The van der Waals surface area contributed by atoms with E-state index in [1.807, 2.05) is 0 Å². The lowest BCUT2D eigenvalue weighted by Crippen LogP contribution is -2.83. The number of hydrogen-bond acceptors (Lipinski definition) is 10. The van der Waals surface area contributed by atoms with E-state index in [0.717, 1.165) is 0 Å². The van der Waals surface area contributed by atoms with Gasteiger partial charge in [-0.3, -0.25) is 9.59 Å². The van der Waals surface area contributed by atoms with Crippen LogP contribution < -0.4 is 0 Å². The van der Waals surface area contributed by atoms with Gasteiger partial charge in [0.15, 0.2) is 5.78 Å². The van der Waals surface area contributed by atoms with Crippen molar-refractivity contribution in [2.75, 3.05) is 6.61 Å². The van der Waals surface area contributed by atoms with E-state index in [1.54, 1.807) is 27.7 Å². The molecule has 4 N–H and O–H groups in total. The van der Waals surface area contributed by atoms with E-state index in [-0.39, 0.29) is 30.9 Å². The van der Waals surface area contributed by atoms with Gasteiger partial charge in [-0.2, -0.15) is 0 Å². The maximum Gasteiger partial charge on any atom is 0.351 e. The highest BCUT2D eigenvalue weighted by atomic mass is 16.7. The largest absolute Gasteiger partial charge is 0.459 e. The topological polar surface area (TPSA) is 160 Å². The summed E-state index contributed by atoms with van der Waals surface area (Å²) in [6.07, 6.45) is -5.01. The molecule has 10 heteroatoms. The molecule has 0 unspecified atom stereocenters. The first-order valence-corrected chi connectivity index (χ1v) is 11.9. The van der Waals surface area contributed by atoms with Gasteiger partial charge in [-0.25, -0.2) is 4.79 Å². The zero-order valence-electron chi connectivity index (χ0n) is 20.2. The van der Waals surface area contributed by atoms with Crippen molar-refractivity contribution < 1.29 is 49.0 Å². The van der Waals surface area contributed by atoms with Gasteiger partial charge < -0.3 is 34.6 Å².